The SMILES string of the molecule is Cc1n[nH]c(C)c1CNCCSCCCO.Cl. The van der Waals surface area contributed by atoms with Gasteiger partial charge in [0.25, 0.3) is 0 Å². The monoisotopic (exact) mass is 279 g/mol. The van der Waals surface area contributed by atoms with Crippen LogP contribution in [0, 0.1) is 13.8 Å². The van der Waals surface area contributed by atoms with Crippen molar-refractivity contribution in [3.05, 3.63) is 17.0 Å². The van der Waals surface area contributed by atoms with E-state index in [1.807, 2.05) is 25.6 Å². The topological polar surface area (TPSA) is 60.9 Å². The standard InChI is InChI=1S/C11H21N3OS.ClH/c1-9-11(10(2)14-13-9)8-12-4-7-16-6-3-5-15;/h12,15H,3-8H2,1-2H3,(H,13,14);1H. The van der Waals surface area contributed by atoms with E-state index in [0.717, 1.165) is 42.4 Å². The lowest BCUT2D eigenvalue weighted by atomic mass is 10.2. The third-order valence-electron chi connectivity index (χ3n) is 2.45. The third kappa shape index (κ3) is 6.31. The molecular weight excluding hydrogens is 258 g/mol. The van der Waals surface area contributed by atoms with E-state index in [4.69, 9.17) is 5.11 Å². The Morgan fingerprint density at radius 2 is 2.12 bits per heavy atom. The molecule has 1 rings (SSSR count). The number of thioether (sulfide) groups is 1. The Kier molecular flexibility index (Phi) is 9.63. The van der Waals surface area contributed by atoms with Gasteiger partial charge >= 0.3 is 0 Å². The van der Waals surface area contributed by atoms with Crippen molar-refractivity contribution in [3.8, 4) is 0 Å². The summed E-state index contributed by atoms with van der Waals surface area (Å²) in [6.45, 7) is 6.26. The second kappa shape index (κ2) is 9.76. The second-order valence-corrected chi connectivity index (χ2v) is 5.00. The molecule has 6 heteroatoms. The summed E-state index contributed by atoms with van der Waals surface area (Å²) >= 11 is 1.88. The fourth-order valence-corrected chi connectivity index (χ4v) is 2.29. The van der Waals surface area contributed by atoms with Gasteiger partial charge in [0.05, 0.1) is 5.69 Å². The Bertz CT molecular complexity index is 287. The van der Waals surface area contributed by atoms with Crippen LogP contribution in [0.5, 0.6) is 0 Å². The molecular formula is C11H22ClN3OS. The highest BCUT2D eigenvalue weighted by atomic mass is 35.5. The Labute approximate surface area is 113 Å². The Hall–Kier alpha value is -0.230. The zero-order valence-electron chi connectivity index (χ0n) is 10.5. The lowest BCUT2D eigenvalue weighted by Crippen LogP contribution is -2.17. The lowest BCUT2D eigenvalue weighted by molar-refractivity contribution is 0.296. The van der Waals surface area contributed by atoms with Gasteiger partial charge in [-0.25, -0.2) is 0 Å². The molecule has 0 aliphatic rings. The van der Waals surface area contributed by atoms with Gasteiger partial charge in [0.1, 0.15) is 0 Å². The van der Waals surface area contributed by atoms with Crippen molar-refractivity contribution in [2.75, 3.05) is 24.7 Å². The predicted octanol–water partition coefficient (Wildman–Crippen LogP) is 1.65. The zero-order valence-corrected chi connectivity index (χ0v) is 12.1. The minimum atomic E-state index is 0. The summed E-state index contributed by atoms with van der Waals surface area (Å²) in [6.07, 6.45) is 0.893. The number of aromatic nitrogens is 2. The summed E-state index contributed by atoms with van der Waals surface area (Å²) in [4.78, 5) is 0. The Morgan fingerprint density at radius 1 is 1.35 bits per heavy atom. The van der Waals surface area contributed by atoms with Crippen LogP contribution in [0.1, 0.15) is 23.4 Å². The number of H-pyrrole nitrogens is 1. The number of nitrogens with zero attached hydrogens (tertiary/aromatic N) is 1. The van der Waals surface area contributed by atoms with Gasteiger partial charge in [-0.3, -0.25) is 5.10 Å². The number of hydrogen-bond donors (Lipinski definition) is 3. The summed E-state index contributed by atoms with van der Waals surface area (Å²) < 4.78 is 0. The van der Waals surface area contributed by atoms with Crippen LogP contribution in [-0.4, -0.2) is 40.0 Å². The molecule has 0 atom stereocenters. The molecule has 0 aromatic carbocycles. The molecule has 4 nitrogen and oxygen atoms in total. The van der Waals surface area contributed by atoms with Crippen LogP contribution >= 0.6 is 24.2 Å². The first kappa shape index (κ1) is 16.8. The number of halogens is 1. The van der Waals surface area contributed by atoms with Crippen molar-refractivity contribution >= 4 is 24.2 Å². The van der Waals surface area contributed by atoms with Crippen molar-refractivity contribution in [1.82, 2.24) is 15.5 Å². The molecule has 1 aromatic rings. The highest BCUT2D eigenvalue weighted by molar-refractivity contribution is 7.99. The molecule has 0 spiro atoms. The molecule has 0 fully saturated rings. The zero-order chi connectivity index (χ0) is 11.8. The average molecular weight is 280 g/mol. The van der Waals surface area contributed by atoms with Crippen LogP contribution in [0.15, 0.2) is 0 Å². The summed E-state index contributed by atoms with van der Waals surface area (Å²) in [5.41, 5.74) is 3.51. The molecule has 0 radical (unpaired) electrons. The molecule has 0 saturated carbocycles. The summed E-state index contributed by atoms with van der Waals surface area (Å²) in [6, 6.07) is 0. The first-order valence-corrected chi connectivity index (χ1v) is 6.81. The second-order valence-electron chi connectivity index (χ2n) is 3.78. The number of aromatic amines is 1. The molecule has 0 aliphatic carbocycles. The van der Waals surface area contributed by atoms with Crippen LogP contribution < -0.4 is 5.32 Å². The van der Waals surface area contributed by atoms with Crippen LogP contribution in [0.2, 0.25) is 0 Å². The van der Waals surface area contributed by atoms with Gasteiger partial charge < -0.3 is 10.4 Å². The van der Waals surface area contributed by atoms with Crippen LogP contribution in [0.25, 0.3) is 0 Å². The molecule has 17 heavy (non-hydrogen) atoms. The molecule has 0 bridgehead atoms. The van der Waals surface area contributed by atoms with E-state index in [1.165, 1.54) is 5.56 Å². The summed E-state index contributed by atoms with van der Waals surface area (Å²) in [5, 5.41) is 19.2. The Balaban J connectivity index is 0.00000256. The first-order valence-electron chi connectivity index (χ1n) is 5.65. The maximum Gasteiger partial charge on any atom is 0.0638 e. The van der Waals surface area contributed by atoms with Crippen LogP contribution in [0.3, 0.4) is 0 Å². The number of aliphatic hydroxyl groups excluding tert-OH is 1. The van der Waals surface area contributed by atoms with Crippen molar-refractivity contribution < 1.29 is 5.11 Å². The van der Waals surface area contributed by atoms with E-state index in [9.17, 15) is 0 Å². The quantitative estimate of drug-likeness (QED) is 0.634. The van der Waals surface area contributed by atoms with E-state index >= 15 is 0 Å². The van der Waals surface area contributed by atoms with E-state index < -0.39 is 0 Å². The van der Waals surface area contributed by atoms with Gasteiger partial charge in [0.15, 0.2) is 0 Å². The van der Waals surface area contributed by atoms with Gasteiger partial charge in [0, 0.05) is 36.7 Å². The van der Waals surface area contributed by atoms with Crippen molar-refractivity contribution in [3.63, 3.8) is 0 Å². The van der Waals surface area contributed by atoms with Crippen molar-refractivity contribution in [1.29, 1.82) is 0 Å². The van der Waals surface area contributed by atoms with Crippen LogP contribution in [0.4, 0.5) is 0 Å². The van der Waals surface area contributed by atoms with Gasteiger partial charge in [-0.2, -0.15) is 16.9 Å². The number of hydrogen-bond acceptors (Lipinski definition) is 4. The number of nitrogens with one attached hydrogen (secondary N) is 2. The molecule has 0 saturated heterocycles. The van der Waals surface area contributed by atoms with E-state index in [2.05, 4.69) is 15.5 Å². The van der Waals surface area contributed by atoms with Crippen LogP contribution in [-0.2, 0) is 6.54 Å². The van der Waals surface area contributed by atoms with Gasteiger partial charge in [0.2, 0.25) is 0 Å². The van der Waals surface area contributed by atoms with E-state index in [0.29, 0.717) is 6.61 Å². The van der Waals surface area contributed by atoms with E-state index in [1.54, 1.807) is 0 Å². The van der Waals surface area contributed by atoms with E-state index in [-0.39, 0.29) is 12.4 Å². The maximum atomic E-state index is 8.62. The minimum absolute atomic E-state index is 0. The molecule has 100 valence electrons. The molecule has 1 heterocycles. The molecule has 0 unspecified atom stereocenters. The number of aliphatic hydroxyl groups is 1. The van der Waals surface area contributed by atoms with Crippen molar-refractivity contribution in [2.45, 2.75) is 26.8 Å². The predicted molar refractivity (Wildman–Crippen MR) is 76.0 cm³/mol. The maximum absolute atomic E-state index is 8.62. The number of aryl methyl sites for hydroxylation is 2. The van der Waals surface area contributed by atoms with Gasteiger partial charge in [-0.1, -0.05) is 0 Å². The molecule has 1 aromatic heterocycles. The fourth-order valence-electron chi connectivity index (χ4n) is 1.46. The minimum Gasteiger partial charge on any atom is -0.396 e. The normalized spacial score (nSPS) is 10.3. The number of rotatable bonds is 8. The summed E-state index contributed by atoms with van der Waals surface area (Å²) in [5.74, 6) is 2.14. The highest BCUT2D eigenvalue weighted by Gasteiger charge is 2.04. The summed E-state index contributed by atoms with van der Waals surface area (Å²) in [7, 11) is 0. The highest BCUT2D eigenvalue weighted by Crippen LogP contribution is 2.08. The Morgan fingerprint density at radius 3 is 2.71 bits per heavy atom. The third-order valence-corrected chi connectivity index (χ3v) is 3.52. The van der Waals surface area contributed by atoms with Gasteiger partial charge in [-0.05, 0) is 26.0 Å². The molecule has 0 aliphatic heterocycles. The first-order chi connectivity index (χ1) is 7.75. The van der Waals surface area contributed by atoms with Gasteiger partial charge in [-0.15, -0.1) is 12.4 Å². The molecule has 3 N–H and O–H groups in total. The smallest absolute Gasteiger partial charge is 0.0638 e. The fraction of sp³-hybridized carbons (Fsp3) is 0.727. The lowest BCUT2D eigenvalue weighted by Gasteiger charge is -2.04. The largest absolute Gasteiger partial charge is 0.396 e. The molecule has 0 amide bonds. The average Bonchev–Trinajstić information content (AvgIpc) is 2.59. The van der Waals surface area contributed by atoms with Crippen molar-refractivity contribution in [2.24, 2.45) is 0 Å².